The maximum absolute atomic E-state index is 12.8. The Morgan fingerprint density at radius 3 is 2.73 bits per heavy atom. The fourth-order valence-corrected chi connectivity index (χ4v) is 1.65. The van der Waals surface area contributed by atoms with Crippen molar-refractivity contribution in [3.05, 3.63) is 0 Å². The van der Waals surface area contributed by atoms with E-state index in [0.717, 1.165) is 0 Å². The summed E-state index contributed by atoms with van der Waals surface area (Å²) in [5.74, 6) is -2.66. The van der Waals surface area contributed by atoms with Gasteiger partial charge >= 0.3 is 0 Å². The fraction of sp³-hybridized carbons (Fsp3) is 1.00. The zero-order valence-electron chi connectivity index (χ0n) is 6.22. The number of fused-ring (bicyclic) bond motifs is 1. The van der Waals surface area contributed by atoms with Gasteiger partial charge in [0.2, 0.25) is 0 Å². The highest BCUT2D eigenvalue weighted by atomic mass is 19.3. The Morgan fingerprint density at radius 1 is 1.36 bits per heavy atom. The van der Waals surface area contributed by atoms with Crippen molar-refractivity contribution < 1.29 is 18.3 Å². The third kappa shape index (κ3) is 0.964. The molecule has 2 rings (SSSR count). The van der Waals surface area contributed by atoms with Gasteiger partial charge in [-0.25, -0.2) is 8.78 Å². The molecule has 4 heteroatoms. The van der Waals surface area contributed by atoms with Gasteiger partial charge in [-0.1, -0.05) is 6.92 Å². The lowest BCUT2D eigenvalue weighted by Crippen LogP contribution is -2.34. The molecule has 0 aromatic carbocycles. The molecule has 0 bridgehead atoms. The second-order valence-corrected chi connectivity index (χ2v) is 3.27. The largest absolute Gasteiger partial charge is 0.369 e. The van der Waals surface area contributed by atoms with Gasteiger partial charge in [0.25, 0.3) is 5.92 Å². The Labute approximate surface area is 63.5 Å². The Hall–Kier alpha value is -0.220. The topological polar surface area (TPSA) is 18.5 Å². The summed E-state index contributed by atoms with van der Waals surface area (Å²) in [6.07, 6.45) is -1.37. The molecule has 0 amide bonds. The van der Waals surface area contributed by atoms with Crippen LogP contribution < -0.4 is 0 Å². The van der Waals surface area contributed by atoms with Crippen LogP contribution >= 0.6 is 0 Å². The van der Waals surface area contributed by atoms with E-state index in [1.54, 1.807) is 0 Å². The zero-order chi connectivity index (χ0) is 8.06. The number of hydrogen-bond acceptors (Lipinski definition) is 2. The first-order chi connectivity index (χ1) is 5.11. The molecule has 1 unspecified atom stereocenters. The highest BCUT2D eigenvalue weighted by molar-refractivity contribution is 4.97. The summed E-state index contributed by atoms with van der Waals surface area (Å²) in [6.45, 7) is 1.78. The maximum Gasteiger partial charge on any atom is 0.299 e. The molecule has 2 nitrogen and oxygen atoms in total. The molecule has 0 N–H and O–H groups in total. The van der Waals surface area contributed by atoms with Crippen molar-refractivity contribution in [3.63, 3.8) is 0 Å². The van der Waals surface area contributed by atoms with E-state index in [-0.39, 0.29) is 12.0 Å². The third-order valence-electron chi connectivity index (χ3n) is 2.28. The summed E-state index contributed by atoms with van der Waals surface area (Å²) in [5, 5.41) is 0. The second-order valence-electron chi connectivity index (χ2n) is 3.27. The molecule has 11 heavy (non-hydrogen) atoms. The van der Waals surface area contributed by atoms with Crippen LogP contribution in [-0.4, -0.2) is 31.3 Å². The van der Waals surface area contributed by atoms with E-state index >= 15 is 0 Å². The van der Waals surface area contributed by atoms with E-state index in [1.165, 1.54) is 0 Å². The van der Waals surface area contributed by atoms with Gasteiger partial charge in [-0.05, 0) is 0 Å². The van der Waals surface area contributed by atoms with Crippen molar-refractivity contribution in [1.82, 2.24) is 0 Å². The van der Waals surface area contributed by atoms with E-state index in [9.17, 15) is 8.78 Å². The average Bonchev–Trinajstić information content (AvgIpc) is 2.39. The number of ether oxygens (including phenoxy) is 2. The third-order valence-corrected chi connectivity index (χ3v) is 2.28. The Bertz CT molecular complexity index is 172. The van der Waals surface area contributed by atoms with Crippen LogP contribution in [0.3, 0.4) is 0 Å². The van der Waals surface area contributed by atoms with Crippen LogP contribution in [0, 0.1) is 5.92 Å². The molecule has 0 spiro atoms. The predicted octanol–water partition coefficient (Wildman–Crippen LogP) is 1.06. The van der Waals surface area contributed by atoms with Crippen LogP contribution in [-0.2, 0) is 9.47 Å². The molecule has 2 aliphatic rings. The van der Waals surface area contributed by atoms with Gasteiger partial charge in [-0.15, -0.1) is 0 Å². The van der Waals surface area contributed by atoms with E-state index in [4.69, 9.17) is 9.47 Å². The summed E-state index contributed by atoms with van der Waals surface area (Å²) >= 11 is 0. The molecule has 2 aliphatic heterocycles. The van der Waals surface area contributed by atoms with Gasteiger partial charge in [0.1, 0.15) is 12.7 Å². The van der Waals surface area contributed by atoms with Gasteiger partial charge in [0.15, 0.2) is 0 Å². The van der Waals surface area contributed by atoms with Crippen molar-refractivity contribution in [3.8, 4) is 0 Å². The highest BCUT2D eigenvalue weighted by Crippen LogP contribution is 2.39. The van der Waals surface area contributed by atoms with Crippen molar-refractivity contribution in [1.29, 1.82) is 0 Å². The van der Waals surface area contributed by atoms with Gasteiger partial charge in [-0.2, -0.15) is 0 Å². The first-order valence-electron chi connectivity index (χ1n) is 3.72. The average molecular weight is 164 g/mol. The quantitative estimate of drug-likeness (QED) is 0.533. The minimum absolute atomic E-state index is 0.105. The molecular weight excluding hydrogens is 154 g/mol. The molecule has 0 aromatic rings. The zero-order valence-corrected chi connectivity index (χ0v) is 6.22. The summed E-state index contributed by atoms with van der Waals surface area (Å²) in [4.78, 5) is 0. The molecule has 2 fully saturated rings. The van der Waals surface area contributed by atoms with Crippen LogP contribution in [0.25, 0.3) is 0 Å². The van der Waals surface area contributed by atoms with Crippen molar-refractivity contribution in [2.75, 3.05) is 13.2 Å². The minimum atomic E-state index is -2.77. The molecule has 0 saturated carbocycles. The molecule has 2 saturated heterocycles. The van der Waals surface area contributed by atoms with Gasteiger partial charge in [0, 0.05) is 5.92 Å². The molecule has 0 aromatic heterocycles. The molecule has 64 valence electrons. The lowest BCUT2D eigenvalue weighted by molar-refractivity contribution is -0.0953. The summed E-state index contributed by atoms with van der Waals surface area (Å²) in [6, 6.07) is 0. The van der Waals surface area contributed by atoms with Crippen molar-refractivity contribution in [2.45, 2.75) is 25.1 Å². The lowest BCUT2D eigenvalue weighted by atomic mass is 10.0. The summed E-state index contributed by atoms with van der Waals surface area (Å²) < 4.78 is 35.5. The number of halogens is 2. The van der Waals surface area contributed by atoms with Crippen molar-refractivity contribution in [2.24, 2.45) is 5.92 Å². The fourth-order valence-electron chi connectivity index (χ4n) is 1.65. The Balaban J connectivity index is 2.17. The minimum Gasteiger partial charge on any atom is -0.369 e. The van der Waals surface area contributed by atoms with Crippen LogP contribution in [0.5, 0.6) is 0 Å². The summed E-state index contributed by atoms with van der Waals surface area (Å²) in [7, 11) is 0. The highest BCUT2D eigenvalue weighted by Gasteiger charge is 2.57. The second kappa shape index (κ2) is 2.14. The molecular formula is C7H10F2O2. The van der Waals surface area contributed by atoms with Gasteiger partial charge < -0.3 is 9.47 Å². The molecule has 2 heterocycles. The summed E-state index contributed by atoms with van der Waals surface area (Å²) in [5.41, 5.74) is 0. The van der Waals surface area contributed by atoms with Gasteiger partial charge in [-0.3, -0.25) is 0 Å². The first kappa shape index (κ1) is 7.43. The normalized spacial score (nSPS) is 47.7. The monoisotopic (exact) mass is 164 g/mol. The lowest BCUT2D eigenvalue weighted by Gasteiger charge is -2.13. The van der Waals surface area contributed by atoms with E-state index in [1.807, 2.05) is 6.92 Å². The SMILES string of the molecule is C[C@H]1COC2[C@H]1OCC2(F)F. The van der Waals surface area contributed by atoms with E-state index in [2.05, 4.69) is 0 Å². The number of hydrogen-bond donors (Lipinski definition) is 0. The van der Waals surface area contributed by atoms with Crippen LogP contribution in [0.2, 0.25) is 0 Å². The number of rotatable bonds is 0. The Morgan fingerprint density at radius 2 is 2.09 bits per heavy atom. The molecule has 3 atom stereocenters. The van der Waals surface area contributed by atoms with Crippen LogP contribution in [0.15, 0.2) is 0 Å². The number of alkyl halides is 2. The van der Waals surface area contributed by atoms with Crippen LogP contribution in [0.1, 0.15) is 6.92 Å². The van der Waals surface area contributed by atoms with E-state index < -0.39 is 18.6 Å². The smallest absolute Gasteiger partial charge is 0.299 e. The predicted molar refractivity (Wildman–Crippen MR) is 33.6 cm³/mol. The van der Waals surface area contributed by atoms with E-state index in [0.29, 0.717) is 6.61 Å². The first-order valence-corrected chi connectivity index (χ1v) is 3.72. The maximum atomic E-state index is 12.8. The molecule has 0 aliphatic carbocycles. The molecule has 0 radical (unpaired) electrons. The van der Waals surface area contributed by atoms with Crippen molar-refractivity contribution >= 4 is 0 Å². The van der Waals surface area contributed by atoms with Crippen LogP contribution in [0.4, 0.5) is 8.78 Å². The standard InChI is InChI=1S/C7H10F2O2/c1-4-2-10-6-5(4)11-3-7(6,8)9/h4-6H,2-3H2,1H3/t4-,5-,6?/m0/s1. The van der Waals surface area contributed by atoms with Gasteiger partial charge in [0.05, 0.1) is 12.7 Å². The Kier molecular flexibility index (Phi) is 1.44.